The number of hydrogen-bond donors (Lipinski definition) is 0. The second kappa shape index (κ2) is 6.38. The minimum atomic E-state index is -0.547. The molecular weight excluding hydrogens is 278 g/mol. The molecule has 1 heterocycles. The van der Waals surface area contributed by atoms with Gasteiger partial charge in [-0.05, 0) is 19.4 Å². The van der Waals surface area contributed by atoms with E-state index in [0.29, 0.717) is 26.2 Å². The van der Waals surface area contributed by atoms with Gasteiger partial charge in [0.2, 0.25) is 5.91 Å². The fourth-order valence-corrected chi connectivity index (χ4v) is 2.76. The van der Waals surface area contributed by atoms with E-state index in [1.54, 1.807) is 23.9 Å². The van der Waals surface area contributed by atoms with Gasteiger partial charge in [-0.15, -0.1) is 0 Å². The van der Waals surface area contributed by atoms with Crippen LogP contribution in [0.4, 0.5) is 4.79 Å². The van der Waals surface area contributed by atoms with Crippen LogP contribution in [0, 0.1) is 0 Å². The SMILES string of the molecule is CN(C)C(=O)N1CCN(C(=O)C(C)(C)c2ccccc2)CC1. The summed E-state index contributed by atoms with van der Waals surface area (Å²) in [5, 5.41) is 0. The molecule has 0 aromatic heterocycles. The minimum absolute atomic E-state index is 0.00872. The van der Waals surface area contributed by atoms with E-state index in [1.807, 2.05) is 49.1 Å². The average molecular weight is 303 g/mol. The van der Waals surface area contributed by atoms with Crippen LogP contribution in [-0.4, -0.2) is 66.9 Å². The second-order valence-corrected chi connectivity index (χ2v) is 6.45. The molecule has 0 radical (unpaired) electrons. The quantitative estimate of drug-likeness (QED) is 0.836. The Bertz CT molecular complexity index is 532. The van der Waals surface area contributed by atoms with Crippen LogP contribution in [0.5, 0.6) is 0 Å². The molecule has 120 valence electrons. The predicted molar refractivity (Wildman–Crippen MR) is 86.7 cm³/mol. The van der Waals surface area contributed by atoms with E-state index in [9.17, 15) is 9.59 Å². The third kappa shape index (κ3) is 3.24. The first-order chi connectivity index (χ1) is 10.3. The molecule has 0 bridgehead atoms. The first-order valence-electron chi connectivity index (χ1n) is 7.65. The lowest BCUT2D eigenvalue weighted by Crippen LogP contribution is -2.55. The number of hydrogen-bond acceptors (Lipinski definition) is 2. The van der Waals surface area contributed by atoms with Crippen molar-refractivity contribution in [3.05, 3.63) is 35.9 Å². The smallest absolute Gasteiger partial charge is 0.319 e. The Hall–Kier alpha value is -2.04. The molecule has 0 spiro atoms. The Morgan fingerprint density at radius 2 is 1.45 bits per heavy atom. The Labute approximate surface area is 132 Å². The van der Waals surface area contributed by atoms with Crippen molar-refractivity contribution in [3.8, 4) is 0 Å². The van der Waals surface area contributed by atoms with E-state index in [4.69, 9.17) is 0 Å². The molecule has 0 saturated carbocycles. The van der Waals surface area contributed by atoms with E-state index in [0.717, 1.165) is 5.56 Å². The first kappa shape index (κ1) is 16.3. The molecule has 1 aromatic carbocycles. The summed E-state index contributed by atoms with van der Waals surface area (Å²) in [5.74, 6) is 0.121. The summed E-state index contributed by atoms with van der Waals surface area (Å²) in [6, 6.07) is 9.86. The molecule has 5 nitrogen and oxygen atoms in total. The lowest BCUT2D eigenvalue weighted by Gasteiger charge is -2.39. The summed E-state index contributed by atoms with van der Waals surface area (Å²) in [6.45, 7) is 6.29. The van der Waals surface area contributed by atoms with E-state index in [2.05, 4.69) is 0 Å². The molecule has 0 aliphatic carbocycles. The Balaban J connectivity index is 2.02. The first-order valence-corrected chi connectivity index (χ1v) is 7.65. The van der Waals surface area contributed by atoms with Gasteiger partial charge in [0.1, 0.15) is 0 Å². The second-order valence-electron chi connectivity index (χ2n) is 6.45. The fraction of sp³-hybridized carbons (Fsp3) is 0.529. The van der Waals surface area contributed by atoms with Gasteiger partial charge in [-0.1, -0.05) is 30.3 Å². The van der Waals surface area contributed by atoms with Gasteiger partial charge >= 0.3 is 6.03 Å². The van der Waals surface area contributed by atoms with Crippen LogP contribution in [-0.2, 0) is 10.2 Å². The Kier molecular flexibility index (Phi) is 4.74. The molecular formula is C17H25N3O2. The standard InChI is InChI=1S/C17H25N3O2/c1-17(2,14-8-6-5-7-9-14)15(21)19-10-12-20(13-11-19)16(22)18(3)4/h5-9H,10-13H2,1-4H3. The van der Waals surface area contributed by atoms with Gasteiger partial charge in [0.25, 0.3) is 0 Å². The molecule has 22 heavy (non-hydrogen) atoms. The molecule has 1 aromatic rings. The van der Waals surface area contributed by atoms with Gasteiger partial charge in [-0.3, -0.25) is 4.79 Å². The van der Waals surface area contributed by atoms with E-state index >= 15 is 0 Å². The number of piperazine rings is 1. The average Bonchev–Trinajstić information content (AvgIpc) is 2.54. The number of nitrogens with zero attached hydrogens (tertiary/aromatic N) is 3. The molecule has 1 fully saturated rings. The summed E-state index contributed by atoms with van der Waals surface area (Å²) >= 11 is 0. The van der Waals surface area contributed by atoms with E-state index in [-0.39, 0.29) is 11.9 Å². The van der Waals surface area contributed by atoms with Crippen LogP contribution in [0.1, 0.15) is 19.4 Å². The van der Waals surface area contributed by atoms with Crippen LogP contribution in [0.25, 0.3) is 0 Å². The van der Waals surface area contributed by atoms with Crippen LogP contribution < -0.4 is 0 Å². The number of urea groups is 1. The van der Waals surface area contributed by atoms with Gasteiger partial charge in [0.15, 0.2) is 0 Å². The number of amides is 3. The molecule has 1 aliphatic rings. The Morgan fingerprint density at radius 1 is 0.955 bits per heavy atom. The van der Waals surface area contributed by atoms with Crippen LogP contribution >= 0.6 is 0 Å². The lowest BCUT2D eigenvalue weighted by molar-refractivity contribution is -0.137. The van der Waals surface area contributed by atoms with Crippen LogP contribution in [0.2, 0.25) is 0 Å². The zero-order valence-electron chi connectivity index (χ0n) is 13.9. The summed E-state index contributed by atoms with van der Waals surface area (Å²) in [5.41, 5.74) is 0.474. The molecule has 0 N–H and O–H groups in total. The highest BCUT2D eigenvalue weighted by Gasteiger charge is 2.35. The molecule has 1 saturated heterocycles. The number of rotatable bonds is 2. The van der Waals surface area contributed by atoms with Crippen molar-refractivity contribution in [1.82, 2.24) is 14.7 Å². The number of benzene rings is 1. The zero-order chi connectivity index (χ0) is 16.3. The Morgan fingerprint density at radius 3 is 1.95 bits per heavy atom. The molecule has 0 atom stereocenters. The van der Waals surface area contributed by atoms with Gasteiger partial charge in [0.05, 0.1) is 5.41 Å². The van der Waals surface area contributed by atoms with Crippen molar-refractivity contribution in [2.24, 2.45) is 0 Å². The number of carbonyl (C=O) groups is 2. The van der Waals surface area contributed by atoms with Crippen molar-refractivity contribution >= 4 is 11.9 Å². The van der Waals surface area contributed by atoms with Crippen LogP contribution in [0.15, 0.2) is 30.3 Å². The van der Waals surface area contributed by atoms with Crippen molar-refractivity contribution in [1.29, 1.82) is 0 Å². The van der Waals surface area contributed by atoms with E-state index < -0.39 is 5.41 Å². The van der Waals surface area contributed by atoms with Crippen molar-refractivity contribution in [2.45, 2.75) is 19.3 Å². The third-order valence-corrected chi connectivity index (χ3v) is 4.25. The maximum Gasteiger partial charge on any atom is 0.319 e. The van der Waals surface area contributed by atoms with Crippen molar-refractivity contribution in [3.63, 3.8) is 0 Å². The molecule has 5 heteroatoms. The summed E-state index contributed by atoms with van der Waals surface area (Å²) in [6.07, 6.45) is 0. The molecule has 3 amide bonds. The lowest BCUT2D eigenvalue weighted by atomic mass is 9.83. The topological polar surface area (TPSA) is 43.9 Å². The summed E-state index contributed by atoms with van der Waals surface area (Å²) in [7, 11) is 3.50. The predicted octanol–water partition coefficient (Wildman–Crippen LogP) is 1.79. The summed E-state index contributed by atoms with van der Waals surface area (Å²) in [4.78, 5) is 30.0. The highest BCUT2D eigenvalue weighted by atomic mass is 16.2. The van der Waals surface area contributed by atoms with Gasteiger partial charge in [-0.25, -0.2) is 4.79 Å². The number of carbonyl (C=O) groups excluding carboxylic acids is 2. The molecule has 0 unspecified atom stereocenters. The van der Waals surface area contributed by atoms with Gasteiger partial charge in [-0.2, -0.15) is 0 Å². The van der Waals surface area contributed by atoms with Crippen LogP contribution in [0.3, 0.4) is 0 Å². The van der Waals surface area contributed by atoms with Crippen molar-refractivity contribution in [2.75, 3.05) is 40.3 Å². The third-order valence-electron chi connectivity index (χ3n) is 4.25. The maximum absolute atomic E-state index is 12.8. The summed E-state index contributed by atoms with van der Waals surface area (Å²) < 4.78 is 0. The largest absolute Gasteiger partial charge is 0.338 e. The van der Waals surface area contributed by atoms with E-state index in [1.165, 1.54) is 0 Å². The monoisotopic (exact) mass is 303 g/mol. The molecule has 1 aliphatic heterocycles. The minimum Gasteiger partial charge on any atom is -0.338 e. The maximum atomic E-state index is 12.8. The van der Waals surface area contributed by atoms with Gasteiger partial charge < -0.3 is 14.7 Å². The van der Waals surface area contributed by atoms with Gasteiger partial charge in [0, 0.05) is 40.3 Å². The fourth-order valence-electron chi connectivity index (χ4n) is 2.76. The molecule has 2 rings (SSSR count). The normalized spacial score (nSPS) is 15.6. The zero-order valence-corrected chi connectivity index (χ0v) is 13.9. The highest BCUT2D eigenvalue weighted by molar-refractivity contribution is 5.87. The van der Waals surface area contributed by atoms with Crippen molar-refractivity contribution < 1.29 is 9.59 Å². The highest BCUT2D eigenvalue weighted by Crippen LogP contribution is 2.26.